The van der Waals surface area contributed by atoms with Crippen LogP contribution in [-0.2, 0) is 5.41 Å². The van der Waals surface area contributed by atoms with Gasteiger partial charge in [0.2, 0.25) is 0 Å². The predicted molar refractivity (Wildman–Crippen MR) is 61.1 cm³/mol. The molecule has 0 saturated heterocycles. The monoisotopic (exact) mass is 208 g/mol. The lowest BCUT2D eigenvalue weighted by Crippen LogP contribution is -2.11. The second-order valence-corrected chi connectivity index (χ2v) is 4.46. The minimum absolute atomic E-state index is 0.0572. The zero-order chi connectivity index (χ0) is 11.5. The molecule has 3 heteroatoms. The molecule has 0 radical (unpaired) electrons. The van der Waals surface area contributed by atoms with E-state index in [1.807, 2.05) is 12.1 Å². The van der Waals surface area contributed by atoms with Crippen LogP contribution >= 0.6 is 0 Å². The van der Waals surface area contributed by atoms with Crippen molar-refractivity contribution in [1.82, 2.24) is 10.3 Å². The van der Waals surface area contributed by atoms with Crippen LogP contribution < -0.4 is 5.32 Å². The van der Waals surface area contributed by atoms with Gasteiger partial charge in [-0.25, -0.2) is 0 Å². The van der Waals surface area contributed by atoms with E-state index < -0.39 is 0 Å². The maximum atomic E-state index is 13.0. The number of nitrogens with zero attached hydrogens (tertiary/aromatic N) is 1. The SMILES string of the molecule is CN/C(F)=C/c1cc(C(C)(C)C)ccn1. The third-order valence-electron chi connectivity index (χ3n) is 2.16. The average molecular weight is 208 g/mol. The standard InChI is InChI=1S/C12H17FN2/c1-12(2,3)9-5-6-15-10(7-9)8-11(13)14-4/h5-8,14H,1-4H3/b11-8+. The van der Waals surface area contributed by atoms with E-state index in [-0.39, 0.29) is 11.4 Å². The van der Waals surface area contributed by atoms with E-state index in [2.05, 4.69) is 31.1 Å². The first-order valence-electron chi connectivity index (χ1n) is 4.95. The van der Waals surface area contributed by atoms with Crippen LogP contribution in [0.5, 0.6) is 0 Å². The summed E-state index contributed by atoms with van der Waals surface area (Å²) in [6, 6.07) is 3.85. The summed E-state index contributed by atoms with van der Waals surface area (Å²) in [6.07, 6.45) is 3.09. The Morgan fingerprint density at radius 2 is 2.13 bits per heavy atom. The zero-order valence-electron chi connectivity index (χ0n) is 9.63. The molecule has 0 aliphatic heterocycles. The Morgan fingerprint density at radius 3 is 2.67 bits per heavy atom. The van der Waals surface area contributed by atoms with E-state index in [0.29, 0.717) is 5.69 Å². The van der Waals surface area contributed by atoms with Crippen molar-refractivity contribution in [2.45, 2.75) is 26.2 Å². The van der Waals surface area contributed by atoms with Crippen molar-refractivity contribution >= 4 is 6.08 Å². The summed E-state index contributed by atoms with van der Waals surface area (Å²) in [5.41, 5.74) is 1.84. The van der Waals surface area contributed by atoms with Crippen LogP contribution in [0, 0.1) is 0 Å². The fourth-order valence-corrected chi connectivity index (χ4v) is 1.20. The number of hydrogen-bond acceptors (Lipinski definition) is 2. The van der Waals surface area contributed by atoms with E-state index in [1.54, 1.807) is 13.2 Å². The molecule has 1 aromatic heterocycles. The topological polar surface area (TPSA) is 24.9 Å². The molecule has 0 aliphatic rings. The maximum Gasteiger partial charge on any atom is 0.188 e. The first-order valence-corrected chi connectivity index (χ1v) is 4.95. The minimum atomic E-state index is -0.381. The molecule has 0 aromatic carbocycles. The number of rotatable bonds is 2. The summed E-state index contributed by atoms with van der Waals surface area (Å²) >= 11 is 0. The van der Waals surface area contributed by atoms with Crippen LogP contribution in [0.3, 0.4) is 0 Å². The van der Waals surface area contributed by atoms with E-state index >= 15 is 0 Å². The Kier molecular flexibility index (Phi) is 3.45. The Morgan fingerprint density at radius 1 is 1.47 bits per heavy atom. The second-order valence-electron chi connectivity index (χ2n) is 4.46. The molecule has 0 unspecified atom stereocenters. The minimum Gasteiger partial charge on any atom is -0.365 e. The third kappa shape index (κ3) is 3.35. The summed E-state index contributed by atoms with van der Waals surface area (Å²) < 4.78 is 13.0. The highest BCUT2D eigenvalue weighted by atomic mass is 19.1. The highest BCUT2D eigenvalue weighted by molar-refractivity contribution is 5.47. The molecule has 0 spiro atoms. The molecular formula is C12H17FN2. The van der Waals surface area contributed by atoms with Crippen molar-refractivity contribution in [3.05, 3.63) is 35.5 Å². The lowest BCUT2D eigenvalue weighted by atomic mass is 9.87. The molecule has 1 aromatic rings. The molecule has 0 saturated carbocycles. The second kappa shape index (κ2) is 4.43. The number of aromatic nitrogens is 1. The van der Waals surface area contributed by atoms with E-state index in [4.69, 9.17) is 0 Å². The normalized spacial score (nSPS) is 12.7. The van der Waals surface area contributed by atoms with Gasteiger partial charge in [-0.1, -0.05) is 20.8 Å². The van der Waals surface area contributed by atoms with Crippen molar-refractivity contribution in [3.8, 4) is 0 Å². The first kappa shape index (κ1) is 11.7. The summed E-state index contributed by atoms with van der Waals surface area (Å²) in [5.74, 6) is -0.381. The molecule has 82 valence electrons. The molecule has 1 rings (SSSR count). The van der Waals surface area contributed by atoms with Gasteiger partial charge in [0.25, 0.3) is 0 Å². The van der Waals surface area contributed by atoms with Crippen molar-refractivity contribution < 1.29 is 4.39 Å². The molecule has 0 bridgehead atoms. The third-order valence-corrected chi connectivity index (χ3v) is 2.16. The Bertz CT molecular complexity index is 364. The van der Waals surface area contributed by atoms with Crippen LogP contribution in [0.25, 0.3) is 6.08 Å². The van der Waals surface area contributed by atoms with Gasteiger partial charge in [0.1, 0.15) is 0 Å². The van der Waals surface area contributed by atoms with Gasteiger partial charge in [-0.3, -0.25) is 4.98 Å². The Hall–Kier alpha value is -1.38. The van der Waals surface area contributed by atoms with Gasteiger partial charge in [0, 0.05) is 19.3 Å². The highest BCUT2D eigenvalue weighted by Crippen LogP contribution is 2.22. The van der Waals surface area contributed by atoms with Crippen LogP contribution in [0.4, 0.5) is 4.39 Å². The van der Waals surface area contributed by atoms with Crippen molar-refractivity contribution in [3.63, 3.8) is 0 Å². The molecule has 1 N–H and O–H groups in total. The quantitative estimate of drug-likeness (QED) is 0.756. The van der Waals surface area contributed by atoms with Crippen molar-refractivity contribution in [2.75, 3.05) is 7.05 Å². The highest BCUT2D eigenvalue weighted by Gasteiger charge is 2.13. The Labute approximate surface area is 90.2 Å². The molecule has 15 heavy (non-hydrogen) atoms. The Balaban J connectivity index is 3.04. The van der Waals surface area contributed by atoms with Gasteiger partial charge in [-0.15, -0.1) is 0 Å². The molecule has 0 amide bonds. The van der Waals surface area contributed by atoms with Gasteiger partial charge < -0.3 is 5.32 Å². The molecule has 0 atom stereocenters. The lowest BCUT2D eigenvalue weighted by molar-refractivity contribution is 0.580. The van der Waals surface area contributed by atoms with E-state index in [1.165, 1.54) is 6.08 Å². The summed E-state index contributed by atoms with van der Waals surface area (Å²) in [5, 5.41) is 2.43. The number of nitrogens with one attached hydrogen (secondary N) is 1. The first-order chi connectivity index (χ1) is 6.93. The van der Waals surface area contributed by atoms with Crippen LogP contribution in [0.1, 0.15) is 32.0 Å². The molecule has 1 heterocycles. The van der Waals surface area contributed by atoms with Crippen LogP contribution in [0.15, 0.2) is 24.3 Å². The van der Waals surface area contributed by atoms with Gasteiger partial charge in [0.15, 0.2) is 5.95 Å². The number of pyridine rings is 1. The fourth-order valence-electron chi connectivity index (χ4n) is 1.20. The molecule has 2 nitrogen and oxygen atoms in total. The van der Waals surface area contributed by atoms with Crippen molar-refractivity contribution in [1.29, 1.82) is 0 Å². The van der Waals surface area contributed by atoms with Gasteiger partial charge in [-0.2, -0.15) is 4.39 Å². The number of halogens is 1. The smallest absolute Gasteiger partial charge is 0.188 e. The number of hydrogen-bond donors (Lipinski definition) is 1. The maximum absolute atomic E-state index is 13.0. The molecule has 0 fully saturated rings. The zero-order valence-corrected chi connectivity index (χ0v) is 9.63. The molecule has 0 aliphatic carbocycles. The largest absolute Gasteiger partial charge is 0.365 e. The average Bonchev–Trinajstić information content (AvgIpc) is 2.17. The van der Waals surface area contributed by atoms with Gasteiger partial charge in [0.05, 0.1) is 5.69 Å². The van der Waals surface area contributed by atoms with Crippen LogP contribution in [-0.4, -0.2) is 12.0 Å². The summed E-state index contributed by atoms with van der Waals surface area (Å²) in [4.78, 5) is 4.08. The van der Waals surface area contributed by atoms with Gasteiger partial charge in [-0.05, 0) is 23.1 Å². The summed E-state index contributed by atoms with van der Waals surface area (Å²) in [7, 11) is 1.54. The van der Waals surface area contributed by atoms with E-state index in [9.17, 15) is 4.39 Å². The van der Waals surface area contributed by atoms with Gasteiger partial charge >= 0.3 is 0 Å². The van der Waals surface area contributed by atoms with Crippen LogP contribution in [0.2, 0.25) is 0 Å². The fraction of sp³-hybridized carbons (Fsp3) is 0.417. The lowest BCUT2D eigenvalue weighted by Gasteiger charge is -2.18. The van der Waals surface area contributed by atoms with E-state index in [0.717, 1.165) is 5.56 Å². The summed E-state index contributed by atoms with van der Waals surface area (Å²) in [6.45, 7) is 6.35. The molecular weight excluding hydrogens is 191 g/mol. The predicted octanol–water partition coefficient (Wildman–Crippen LogP) is 2.87. The van der Waals surface area contributed by atoms with Crippen molar-refractivity contribution in [2.24, 2.45) is 0 Å².